The number of hydrogen-bond donors (Lipinski definition) is 1. The van der Waals surface area contributed by atoms with Crippen LogP contribution in [-0.2, 0) is 9.53 Å². The number of carboxylic acid groups (broad SMARTS) is 1. The van der Waals surface area contributed by atoms with E-state index in [0.29, 0.717) is 12.1 Å². The number of carbonyl (C=O) groups excluding carboxylic acids is 1. The number of halogens is 1. The molecule has 1 heterocycles. The summed E-state index contributed by atoms with van der Waals surface area (Å²) in [4.78, 5) is 27.3. The van der Waals surface area contributed by atoms with Crippen molar-refractivity contribution >= 4 is 28.9 Å². The van der Waals surface area contributed by atoms with E-state index in [9.17, 15) is 14.7 Å². The monoisotopic (exact) mass is 401 g/mol. The van der Waals surface area contributed by atoms with E-state index in [1.165, 1.54) is 18.9 Å². The highest BCUT2D eigenvalue weighted by molar-refractivity contribution is 8.93. The largest absolute Gasteiger partial charge is 0.478 e. The average molecular weight is 402 g/mol. The third-order valence-corrected chi connectivity index (χ3v) is 4.01. The first kappa shape index (κ1) is 22.6. The summed E-state index contributed by atoms with van der Waals surface area (Å²) >= 11 is 0. The van der Waals surface area contributed by atoms with E-state index in [1.807, 2.05) is 6.92 Å². The number of aromatic carboxylic acids is 1. The zero-order valence-corrected chi connectivity index (χ0v) is 16.4. The Balaban J connectivity index is 0.00000529. The molecule has 0 radical (unpaired) electrons. The fourth-order valence-corrected chi connectivity index (χ4v) is 2.42. The van der Waals surface area contributed by atoms with E-state index >= 15 is 0 Å². The molecule has 0 aliphatic heterocycles. The van der Waals surface area contributed by atoms with Crippen LogP contribution in [0.15, 0.2) is 18.3 Å². The lowest BCUT2D eigenvalue weighted by molar-refractivity contribution is -0.149. The van der Waals surface area contributed by atoms with Crippen LogP contribution in [0, 0.1) is 0 Å². The Hall–Kier alpha value is -1.43. The number of nitrogens with zero attached hydrogens (tertiary/aromatic N) is 1. The highest BCUT2D eigenvalue weighted by atomic mass is 79.9. The fraction of sp³-hybridized carbons (Fsp3) is 0.611. The van der Waals surface area contributed by atoms with Crippen molar-refractivity contribution in [3.63, 3.8) is 0 Å². The van der Waals surface area contributed by atoms with Crippen molar-refractivity contribution in [2.24, 2.45) is 0 Å². The molecule has 1 rings (SSSR count). The predicted molar refractivity (Wildman–Crippen MR) is 98.9 cm³/mol. The summed E-state index contributed by atoms with van der Waals surface area (Å²) < 4.78 is 5.44. The molecule has 1 aromatic heterocycles. The summed E-state index contributed by atoms with van der Waals surface area (Å²) in [5.41, 5.74) is 0.603. The van der Waals surface area contributed by atoms with Gasteiger partial charge >= 0.3 is 11.9 Å². The Morgan fingerprint density at radius 1 is 1.21 bits per heavy atom. The molecule has 0 aromatic carbocycles. The van der Waals surface area contributed by atoms with Gasteiger partial charge in [0.25, 0.3) is 0 Å². The topological polar surface area (TPSA) is 76.5 Å². The van der Waals surface area contributed by atoms with E-state index in [0.717, 1.165) is 19.3 Å². The Labute approximate surface area is 154 Å². The Kier molecular flexibility index (Phi) is 11.3. The number of unbranched alkanes of at least 4 members (excludes halogenated alkanes) is 4. The number of aromatic nitrogens is 1. The van der Waals surface area contributed by atoms with Gasteiger partial charge in [-0.1, -0.05) is 39.5 Å². The molecular weight excluding hydrogens is 374 g/mol. The number of rotatable bonds is 10. The first-order chi connectivity index (χ1) is 11.0. The smallest absolute Gasteiger partial charge is 0.337 e. The van der Waals surface area contributed by atoms with Crippen LogP contribution in [0.5, 0.6) is 0 Å². The van der Waals surface area contributed by atoms with Gasteiger partial charge in [0.15, 0.2) is 0 Å². The van der Waals surface area contributed by atoms with Crippen molar-refractivity contribution in [3.05, 3.63) is 29.6 Å². The Morgan fingerprint density at radius 3 is 2.50 bits per heavy atom. The van der Waals surface area contributed by atoms with Crippen LogP contribution < -0.4 is 0 Å². The molecule has 0 aliphatic rings. The SMILES string of the molecule is Br.CCCCCCCC(=O)OC(C)C(C)c1ncccc1C(=O)O. The van der Waals surface area contributed by atoms with Crippen LogP contribution in [0.3, 0.4) is 0 Å². The first-order valence-electron chi connectivity index (χ1n) is 8.35. The molecule has 2 atom stereocenters. The molecule has 1 N–H and O–H groups in total. The summed E-state index contributed by atoms with van der Waals surface area (Å²) in [7, 11) is 0. The summed E-state index contributed by atoms with van der Waals surface area (Å²) in [6.45, 7) is 5.76. The lowest BCUT2D eigenvalue weighted by Crippen LogP contribution is -2.23. The second-order valence-electron chi connectivity index (χ2n) is 5.89. The molecule has 5 nitrogen and oxygen atoms in total. The second kappa shape index (κ2) is 12.0. The first-order valence-corrected chi connectivity index (χ1v) is 8.35. The maximum absolute atomic E-state index is 11.9. The molecule has 0 aliphatic carbocycles. The number of ether oxygens (including phenoxy) is 1. The van der Waals surface area contributed by atoms with E-state index in [2.05, 4.69) is 11.9 Å². The molecule has 0 fully saturated rings. The minimum atomic E-state index is -1.02. The van der Waals surface area contributed by atoms with Crippen molar-refractivity contribution in [3.8, 4) is 0 Å². The van der Waals surface area contributed by atoms with Gasteiger partial charge in [0.2, 0.25) is 0 Å². The molecule has 136 valence electrons. The Morgan fingerprint density at radius 2 is 1.88 bits per heavy atom. The second-order valence-corrected chi connectivity index (χ2v) is 5.89. The lowest BCUT2D eigenvalue weighted by Gasteiger charge is -2.21. The number of carbonyl (C=O) groups is 2. The zero-order valence-electron chi connectivity index (χ0n) is 14.7. The summed E-state index contributed by atoms with van der Waals surface area (Å²) in [5, 5.41) is 9.22. The normalized spacial score (nSPS) is 12.8. The summed E-state index contributed by atoms with van der Waals surface area (Å²) in [6.07, 6.45) is 6.95. The molecule has 2 unspecified atom stereocenters. The van der Waals surface area contributed by atoms with Gasteiger partial charge in [-0.05, 0) is 25.5 Å². The van der Waals surface area contributed by atoms with Gasteiger partial charge in [-0.15, -0.1) is 17.0 Å². The summed E-state index contributed by atoms with van der Waals surface area (Å²) in [5.74, 6) is -1.52. The predicted octanol–water partition coefficient (Wildman–Crippen LogP) is 4.75. The van der Waals surface area contributed by atoms with Gasteiger partial charge in [-0.2, -0.15) is 0 Å². The van der Waals surface area contributed by atoms with Crippen molar-refractivity contribution < 1.29 is 19.4 Å². The summed E-state index contributed by atoms with van der Waals surface area (Å²) in [6, 6.07) is 3.11. The molecule has 24 heavy (non-hydrogen) atoms. The van der Waals surface area contributed by atoms with Crippen LogP contribution in [0.1, 0.15) is 81.3 Å². The Bertz CT molecular complexity index is 521. The molecular formula is C18H28BrNO4. The molecule has 1 aromatic rings. The van der Waals surface area contributed by atoms with Gasteiger partial charge in [-0.3, -0.25) is 9.78 Å². The van der Waals surface area contributed by atoms with Gasteiger partial charge in [-0.25, -0.2) is 4.79 Å². The van der Waals surface area contributed by atoms with Gasteiger partial charge in [0.1, 0.15) is 6.10 Å². The minimum Gasteiger partial charge on any atom is -0.478 e. The van der Waals surface area contributed by atoms with Crippen LogP contribution in [0.2, 0.25) is 0 Å². The molecule has 6 heteroatoms. The number of pyridine rings is 1. The molecule has 0 amide bonds. The molecule has 0 spiro atoms. The van der Waals surface area contributed by atoms with E-state index < -0.39 is 12.1 Å². The minimum absolute atomic E-state index is 0. The van der Waals surface area contributed by atoms with Crippen LogP contribution >= 0.6 is 17.0 Å². The third kappa shape index (κ3) is 7.43. The highest BCUT2D eigenvalue weighted by Gasteiger charge is 2.24. The van der Waals surface area contributed by atoms with Crippen molar-refractivity contribution in [1.82, 2.24) is 4.98 Å². The van der Waals surface area contributed by atoms with E-state index in [4.69, 9.17) is 4.74 Å². The standard InChI is InChI=1S/C18H27NO4.BrH/c1-4-5-6-7-8-11-16(20)23-14(3)13(2)17-15(18(21)22)10-9-12-19-17;/h9-10,12-14H,4-8,11H2,1-3H3,(H,21,22);1H. The van der Waals surface area contributed by atoms with Gasteiger partial charge < -0.3 is 9.84 Å². The molecule has 0 saturated heterocycles. The molecule has 0 bridgehead atoms. The maximum Gasteiger partial charge on any atom is 0.337 e. The average Bonchev–Trinajstić information content (AvgIpc) is 2.53. The van der Waals surface area contributed by atoms with E-state index in [1.54, 1.807) is 19.2 Å². The number of carboxylic acids is 1. The van der Waals surface area contributed by atoms with E-state index in [-0.39, 0.29) is 34.4 Å². The van der Waals surface area contributed by atoms with Crippen LogP contribution in [-0.4, -0.2) is 28.1 Å². The zero-order chi connectivity index (χ0) is 17.2. The van der Waals surface area contributed by atoms with Crippen LogP contribution in [0.4, 0.5) is 0 Å². The number of hydrogen-bond acceptors (Lipinski definition) is 4. The van der Waals surface area contributed by atoms with Crippen LogP contribution in [0.25, 0.3) is 0 Å². The van der Waals surface area contributed by atoms with Crippen molar-refractivity contribution in [1.29, 1.82) is 0 Å². The molecule has 0 saturated carbocycles. The third-order valence-electron chi connectivity index (χ3n) is 4.01. The quantitative estimate of drug-likeness (QED) is 0.451. The van der Waals surface area contributed by atoms with Gasteiger partial charge in [0, 0.05) is 18.5 Å². The lowest BCUT2D eigenvalue weighted by atomic mass is 9.97. The maximum atomic E-state index is 11.9. The highest BCUT2D eigenvalue weighted by Crippen LogP contribution is 2.23. The number of esters is 1. The van der Waals surface area contributed by atoms with Crippen molar-refractivity contribution in [2.45, 2.75) is 71.3 Å². The fourth-order valence-electron chi connectivity index (χ4n) is 2.42. The van der Waals surface area contributed by atoms with Gasteiger partial charge in [0.05, 0.1) is 11.3 Å². The van der Waals surface area contributed by atoms with Crippen molar-refractivity contribution in [2.75, 3.05) is 0 Å².